The van der Waals surface area contributed by atoms with Crippen molar-refractivity contribution < 1.29 is 14.3 Å². The molecule has 0 heterocycles. The van der Waals surface area contributed by atoms with Crippen LogP contribution in [-0.2, 0) is 0 Å². The van der Waals surface area contributed by atoms with E-state index in [0.717, 1.165) is 12.0 Å². The first-order valence-corrected chi connectivity index (χ1v) is 7.68. The van der Waals surface area contributed by atoms with E-state index < -0.39 is 5.97 Å². The minimum Gasteiger partial charge on any atom is -0.493 e. The third-order valence-corrected chi connectivity index (χ3v) is 3.82. The average Bonchev–Trinajstić information content (AvgIpc) is 2.50. The molecule has 0 aliphatic heterocycles. The molecule has 0 aliphatic carbocycles. The van der Waals surface area contributed by atoms with Gasteiger partial charge in [-0.2, -0.15) is 0 Å². The molecule has 0 atom stereocenters. The van der Waals surface area contributed by atoms with Gasteiger partial charge in [0, 0.05) is 10.0 Å². The minimum atomic E-state index is -0.511. The molecule has 0 spiro atoms. The second-order valence-corrected chi connectivity index (χ2v) is 5.56. The van der Waals surface area contributed by atoms with E-state index in [1.165, 1.54) is 0 Å². The predicted octanol–water partition coefficient (Wildman–Crippen LogP) is 5.31. The number of benzene rings is 2. The van der Waals surface area contributed by atoms with Crippen molar-refractivity contribution in [2.24, 2.45) is 0 Å². The molecular formula is C17H16Cl2O3. The number of rotatable bonds is 5. The number of hydrogen-bond acceptors (Lipinski definition) is 3. The lowest BCUT2D eigenvalue weighted by Crippen LogP contribution is -2.11. The van der Waals surface area contributed by atoms with Crippen molar-refractivity contribution in [3.05, 3.63) is 57.6 Å². The molecule has 0 radical (unpaired) electrons. The number of esters is 1. The summed E-state index contributed by atoms with van der Waals surface area (Å²) in [4.78, 5) is 12.3. The molecule has 0 aliphatic rings. The molecule has 0 amide bonds. The molecule has 0 N–H and O–H groups in total. The van der Waals surface area contributed by atoms with Crippen molar-refractivity contribution >= 4 is 29.2 Å². The van der Waals surface area contributed by atoms with E-state index in [4.69, 9.17) is 32.7 Å². The molecule has 0 unspecified atom stereocenters. The average molecular weight is 339 g/mol. The molecule has 3 nitrogen and oxygen atoms in total. The number of carbonyl (C=O) groups is 1. The summed E-state index contributed by atoms with van der Waals surface area (Å²) in [5, 5.41) is 0.900. The van der Waals surface area contributed by atoms with Crippen LogP contribution >= 0.6 is 23.2 Å². The Hall–Kier alpha value is -1.71. The Labute approximate surface area is 139 Å². The molecule has 2 rings (SSSR count). The van der Waals surface area contributed by atoms with E-state index in [1.54, 1.807) is 43.3 Å². The maximum Gasteiger partial charge on any atom is 0.347 e. The monoisotopic (exact) mass is 338 g/mol. The first kappa shape index (κ1) is 16.7. The number of para-hydroxylation sites is 1. The standard InChI is InChI=1S/C17H16Cl2O3/c1-3-8-21-16-7-5-4-6-13(16)17(20)22-12-9-14(18)11(2)15(19)10-12/h4-7,9-10H,3,8H2,1-2H3. The van der Waals surface area contributed by atoms with Gasteiger partial charge in [0.25, 0.3) is 0 Å². The second kappa shape index (κ2) is 7.52. The fourth-order valence-corrected chi connectivity index (χ4v) is 2.28. The van der Waals surface area contributed by atoms with E-state index in [-0.39, 0.29) is 0 Å². The third kappa shape index (κ3) is 3.93. The van der Waals surface area contributed by atoms with E-state index in [2.05, 4.69) is 0 Å². The second-order valence-electron chi connectivity index (χ2n) is 4.75. The van der Waals surface area contributed by atoms with Gasteiger partial charge in [-0.15, -0.1) is 0 Å². The molecular weight excluding hydrogens is 323 g/mol. The zero-order chi connectivity index (χ0) is 16.1. The fourth-order valence-electron chi connectivity index (χ4n) is 1.82. The van der Waals surface area contributed by atoms with Gasteiger partial charge in [0.05, 0.1) is 6.61 Å². The number of hydrogen-bond donors (Lipinski definition) is 0. The summed E-state index contributed by atoms with van der Waals surface area (Å²) in [7, 11) is 0. The Balaban J connectivity index is 2.22. The van der Waals surface area contributed by atoms with Crippen LogP contribution in [0.3, 0.4) is 0 Å². The van der Waals surface area contributed by atoms with Crippen LogP contribution in [0.25, 0.3) is 0 Å². The third-order valence-electron chi connectivity index (χ3n) is 3.03. The van der Waals surface area contributed by atoms with Crippen molar-refractivity contribution in [3.63, 3.8) is 0 Å². The summed E-state index contributed by atoms with van der Waals surface area (Å²) in [5.41, 5.74) is 1.11. The van der Waals surface area contributed by atoms with Crippen LogP contribution in [0.4, 0.5) is 0 Å². The Morgan fingerprint density at radius 1 is 1.14 bits per heavy atom. The van der Waals surface area contributed by atoms with Crippen LogP contribution in [0, 0.1) is 6.92 Å². The van der Waals surface area contributed by atoms with Gasteiger partial charge in [0.15, 0.2) is 0 Å². The molecule has 0 fully saturated rings. The molecule has 116 valence electrons. The zero-order valence-corrected chi connectivity index (χ0v) is 13.9. The van der Waals surface area contributed by atoms with Crippen LogP contribution in [0.15, 0.2) is 36.4 Å². The fraction of sp³-hybridized carbons (Fsp3) is 0.235. The van der Waals surface area contributed by atoms with Crippen molar-refractivity contribution in [1.29, 1.82) is 0 Å². The number of halogens is 2. The van der Waals surface area contributed by atoms with Crippen LogP contribution in [-0.4, -0.2) is 12.6 Å². The topological polar surface area (TPSA) is 35.5 Å². The highest BCUT2D eigenvalue weighted by Gasteiger charge is 2.15. The SMILES string of the molecule is CCCOc1ccccc1C(=O)Oc1cc(Cl)c(C)c(Cl)c1. The first-order valence-electron chi connectivity index (χ1n) is 6.92. The summed E-state index contributed by atoms with van der Waals surface area (Å²) in [5.74, 6) is 0.289. The van der Waals surface area contributed by atoms with Crippen LogP contribution in [0.1, 0.15) is 29.3 Å². The van der Waals surface area contributed by atoms with Gasteiger partial charge in [0.2, 0.25) is 0 Å². The summed E-state index contributed by atoms with van der Waals surface area (Å²) in [6, 6.07) is 10.1. The summed E-state index contributed by atoms with van der Waals surface area (Å²) < 4.78 is 10.9. The van der Waals surface area contributed by atoms with Crippen molar-refractivity contribution in [1.82, 2.24) is 0 Å². The smallest absolute Gasteiger partial charge is 0.347 e. The van der Waals surface area contributed by atoms with Gasteiger partial charge in [0.1, 0.15) is 17.1 Å². The molecule has 5 heteroatoms. The lowest BCUT2D eigenvalue weighted by atomic mass is 10.2. The highest BCUT2D eigenvalue weighted by molar-refractivity contribution is 6.36. The molecule has 0 aromatic heterocycles. The minimum absolute atomic E-state index is 0.302. The molecule has 2 aromatic carbocycles. The van der Waals surface area contributed by atoms with Crippen molar-refractivity contribution in [3.8, 4) is 11.5 Å². The molecule has 22 heavy (non-hydrogen) atoms. The molecule has 0 bridgehead atoms. The van der Waals surface area contributed by atoms with Crippen molar-refractivity contribution in [2.75, 3.05) is 6.61 Å². The van der Waals surface area contributed by atoms with E-state index in [1.807, 2.05) is 6.92 Å². The van der Waals surface area contributed by atoms with Gasteiger partial charge in [-0.1, -0.05) is 42.3 Å². The maximum absolute atomic E-state index is 12.3. The lowest BCUT2D eigenvalue weighted by Gasteiger charge is -2.11. The Kier molecular flexibility index (Phi) is 5.69. The van der Waals surface area contributed by atoms with Crippen LogP contribution in [0.5, 0.6) is 11.5 Å². The summed E-state index contributed by atoms with van der Waals surface area (Å²) >= 11 is 12.1. The molecule has 0 saturated heterocycles. The largest absolute Gasteiger partial charge is 0.493 e. The highest BCUT2D eigenvalue weighted by Crippen LogP contribution is 2.30. The van der Waals surface area contributed by atoms with Crippen LogP contribution < -0.4 is 9.47 Å². The van der Waals surface area contributed by atoms with Gasteiger partial charge in [-0.3, -0.25) is 0 Å². The first-order chi connectivity index (χ1) is 10.5. The van der Waals surface area contributed by atoms with E-state index in [9.17, 15) is 4.79 Å². The van der Waals surface area contributed by atoms with E-state index >= 15 is 0 Å². The molecule has 0 saturated carbocycles. The maximum atomic E-state index is 12.3. The van der Waals surface area contributed by atoms with Crippen molar-refractivity contribution in [2.45, 2.75) is 20.3 Å². The van der Waals surface area contributed by atoms with Gasteiger partial charge < -0.3 is 9.47 Å². The Morgan fingerprint density at radius 2 is 1.77 bits per heavy atom. The number of ether oxygens (including phenoxy) is 2. The van der Waals surface area contributed by atoms with Crippen LogP contribution in [0.2, 0.25) is 10.0 Å². The quantitative estimate of drug-likeness (QED) is 0.547. The summed E-state index contributed by atoms with van der Waals surface area (Å²) in [6.45, 7) is 4.33. The Bertz CT molecular complexity index is 660. The van der Waals surface area contributed by atoms with Gasteiger partial charge in [-0.05, 0) is 43.2 Å². The van der Waals surface area contributed by atoms with E-state index in [0.29, 0.717) is 33.7 Å². The normalized spacial score (nSPS) is 10.4. The number of carbonyl (C=O) groups excluding carboxylic acids is 1. The lowest BCUT2D eigenvalue weighted by molar-refractivity contribution is 0.0730. The predicted molar refractivity (Wildman–Crippen MR) is 88.4 cm³/mol. The highest BCUT2D eigenvalue weighted by atomic mass is 35.5. The zero-order valence-electron chi connectivity index (χ0n) is 12.4. The molecule has 2 aromatic rings. The Morgan fingerprint density at radius 3 is 2.41 bits per heavy atom. The van der Waals surface area contributed by atoms with Gasteiger partial charge >= 0.3 is 5.97 Å². The van der Waals surface area contributed by atoms with Gasteiger partial charge in [-0.25, -0.2) is 4.79 Å². The summed E-state index contributed by atoms with van der Waals surface area (Å²) in [6.07, 6.45) is 0.854.